The average Bonchev–Trinajstić information content (AvgIpc) is 3.82. The van der Waals surface area contributed by atoms with Gasteiger partial charge in [-0.1, -0.05) is 94.3 Å². The molecule has 2 aliphatic rings. The van der Waals surface area contributed by atoms with E-state index in [2.05, 4.69) is 110 Å². The molecule has 3 aromatic heterocycles. The normalized spacial score (nSPS) is 15.6. The number of hydrogen-bond donors (Lipinski definition) is 0. The summed E-state index contributed by atoms with van der Waals surface area (Å²) in [5.41, 5.74) is 9.83. The van der Waals surface area contributed by atoms with E-state index >= 15 is 0 Å². The Hall–Kier alpha value is -4.47. The number of rotatable bonds is 8. The third-order valence-corrected chi connectivity index (χ3v) is 11.5. The number of benzene rings is 4. The molecule has 0 atom stereocenters. The van der Waals surface area contributed by atoms with Gasteiger partial charge < -0.3 is 9.30 Å². The van der Waals surface area contributed by atoms with Gasteiger partial charge in [0.1, 0.15) is 5.82 Å². The Bertz CT molecular complexity index is 2320. The SMILES string of the molecule is CC(C)c1ccnc(-n2c3[c-]c(Oc4[c-]c(-n5cc(-c6c(C7CCCCC7)cccc6C6CCCCC6)cn5)ccc4)ccc3c3ccccc32)c1.[Pt+2]. The number of fused-ring (bicyclic) bond motifs is 3. The van der Waals surface area contributed by atoms with E-state index < -0.39 is 0 Å². The van der Waals surface area contributed by atoms with E-state index in [9.17, 15) is 0 Å². The van der Waals surface area contributed by atoms with Crippen LogP contribution in [0.4, 0.5) is 0 Å². The smallest absolute Gasteiger partial charge is 0.509 e. The largest absolute Gasteiger partial charge is 2.00 e. The van der Waals surface area contributed by atoms with E-state index in [1.54, 1.807) is 0 Å². The molecule has 4 aromatic carbocycles. The van der Waals surface area contributed by atoms with E-state index in [0.717, 1.165) is 33.3 Å². The van der Waals surface area contributed by atoms with Gasteiger partial charge in [0.15, 0.2) is 0 Å². The molecule has 0 N–H and O–H groups in total. The molecule has 7 aromatic rings. The molecular formula is C47H46N4OPt. The molecule has 2 aliphatic carbocycles. The van der Waals surface area contributed by atoms with Gasteiger partial charge in [0.05, 0.1) is 6.20 Å². The van der Waals surface area contributed by atoms with Crippen LogP contribution in [0.15, 0.2) is 104 Å². The maximum atomic E-state index is 6.50. The van der Waals surface area contributed by atoms with Crippen LogP contribution in [0.5, 0.6) is 11.5 Å². The molecule has 0 amide bonds. The minimum atomic E-state index is 0. The maximum absolute atomic E-state index is 6.50. The molecule has 2 fully saturated rings. The molecule has 53 heavy (non-hydrogen) atoms. The standard InChI is InChI=1S/C47H46N4O.Pt/c1-32(2)35-25-26-48-46(27-35)51-44-22-10-9-19-42(44)43-24-23-39(29-45(43)51)52-38-18-11-17-37(28-38)50-31-36(30-49-50)47-40(33-13-5-3-6-14-33)20-12-21-41(47)34-15-7-4-8-16-34;/h9-12,17-27,30-34H,3-8,13-16H2,1-2H3;/q-2;+2. The fraction of sp³-hybridized carbons (Fsp3) is 0.319. The Morgan fingerprint density at radius 1 is 0.717 bits per heavy atom. The second-order valence-electron chi connectivity index (χ2n) is 15.2. The van der Waals surface area contributed by atoms with Gasteiger partial charge in [0, 0.05) is 35.0 Å². The van der Waals surface area contributed by atoms with Crippen molar-refractivity contribution in [2.24, 2.45) is 0 Å². The van der Waals surface area contributed by atoms with Crippen molar-refractivity contribution in [1.82, 2.24) is 19.3 Å². The molecule has 2 saturated carbocycles. The summed E-state index contributed by atoms with van der Waals surface area (Å²) in [6.07, 6.45) is 19.3. The zero-order valence-corrected chi connectivity index (χ0v) is 32.9. The average molecular weight is 878 g/mol. The van der Waals surface area contributed by atoms with Crippen molar-refractivity contribution < 1.29 is 25.8 Å². The molecule has 0 aliphatic heterocycles. The summed E-state index contributed by atoms with van der Waals surface area (Å²) in [6.45, 7) is 4.42. The van der Waals surface area contributed by atoms with Gasteiger partial charge >= 0.3 is 21.1 Å². The number of para-hydroxylation sites is 1. The van der Waals surface area contributed by atoms with E-state index in [4.69, 9.17) is 14.8 Å². The number of aromatic nitrogens is 4. The summed E-state index contributed by atoms with van der Waals surface area (Å²) < 4.78 is 10.7. The Morgan fingerprint density at radius 2 is 1.42 bits per heavy atom. The van der Waals surface area contributed by atoms with Crippen LogP contribution in [0.2, 0.25) is 0 Å². The second-order valence-corrected chi connectivity index (χ2v) is 15.2. The summed E-state index contributed by atoms with van der Waals surface area (Å²) in [7, 11) is 0. The molecule has 0 unspecified atom stereocenters. The molecule has 0 saturated heterocycles. The molecular weight excluding hydrogens is 832 g/mol. The third-order valence-electron chi connectivity index (χ3n) is 11.5. The van der Waals surface area contributed by atoms with Crippen LogP contribution in [0, 0.1) is 12.1 Å². The van der Waals surface area contributed by atoms with E-state index in [1.807, 2.05) is 29.1 Å². The predicted octanol–water partition coefficient (Wildman–Crippen LogP) is 12.6. The van der Waals surface area contributed by atoms with Crippen LogP contribution in [-0.2, 0) is 21.1 Å². The Morgan fingerprint density at radius 3 is 2.15 bits per heavy atom. The number of nitrogens with zero attached hydrogens (tertiary/aromatic N) is 4. The van der Waals surface area contributed by atoms with E-state index in [0.29, 0.717) is 29.3 Å². The van der Waals surface area contributed by atoms with Crippen LogP contribution in [0.25, 0.3) is 44.4 Å². The molecule has 0 bridgehead atoms. The van der Waals surface area contributed by atoms with Gasteiger partial charge in [-0.25, -0.2) is 4.98 Å². The summed E-state index contributed by atoms with van der Waals surface area (Å²) in [5.74, 6) is 3.78. The van der Waals surface area contributed by atoms with Gasteiger partial charge in [-0.3, -0.25) is 4.68 Å². The first-order valence-corrected chi connectivity index (χ1v) is 19.4. The molecule has 5 nitrogen and oxygen atoms in total. The third kappa shape index (κ3) is 7.01. The van der Waals surface area contributed by atoms with Gasteiger partial charge in [-0.15, -0.1) is 35.7 Å². The first kappa shape index (κ1) is 35.6. The van der Waals surface area contributed by atoms with Gasteiger partial charge in [0.2, 0.25) is 0 Å². The zero-order valence-electron chi connectivity index (χ0n) is 30.6. The minimum Gasteiger partial charge on any atom is -0.509 e. The number of pyridine rings is 1. The Balaban J connectivity index is 0.00000400. The van der Waals surface area contributed by atoms with Crippen LogP contribution < -0.4 is 4.74 Å². The van der Waals surface area contributed by atoms with E-state index in [-0.39, 0.29) is 21.1 Å². The van der Waals surface area contributed by atoms with Crippen LogP contribution in [0.3, 0.4) is 0 Å². The molecule has 3 heterocycles. The van der Waals surface area contributed by atoms with Gasteiger partial charge in [-0.05, 0) is 95.0 Å². The summed E-state index contributed by atoms with van der Waals surface area (Å²) in [4.78, 5) is 4.80. The number of hydrogen-bond acceptors (Lipinski definition) is 3. The van der Waals surface area contributed by atoms with Crippen LogP contribution >= 0.6 is 0 Å². The van der Waals surface area contributed by atoms with Crippen molar-refractivity contribution in [3.05, 3.63) is 132 Å². The predicted molar refractivity (Wildman–Crippen MR) is 211 cm³/mol. The quantitative estimate of drug-likeness (QED) is 0.143. The molecule has 0 spiro atoms. The van der Waals surface area contributed by atoms with Gasteiger partial charge in [0.25, 0.3) is 0 Å². The van der Waals surface area contributed by atoms with Crippen molar-refractivity contribution >= 4 is 21.8 Å². The summed E-state index contributed by atoms with van der Waals surface area (Å²) in [6, 6.07) is 37.1. The Labute approximate surface area is 327 Å². The maximum Gasteiger partial charge on any atom is 2.00 e. The fourth-order valence-corrected chi connectivity index (χ4v) is 8.85. The molecule has 270 valence electrons. The molecule has 9 rings (SSSR count). The monoisotopic (exact) mass is 877 g/mol. The minimum absolute atomic E-state index is 0. The number of ether oxygens (including phenoxy) is 1. The van der Waals surface area contributed by atoms with Crippen molar-refractivity contribution in [3.63, 3.8) is 0 Å². The topological polar surface area (TPSA) is 44.9 Å². The van der Waals surface area contributed by atoms with Crippen LogP contribution in [-0.4, -0.2) is 19.3 Å². The van der Waals surface area contributed by atoms with Gasteiger partial charge in [-0.2, -0.15) is 17.2 Å². The summed E-state index contributed by atoms with van der Waals surface area (Å²) in [5, 5.41) is 7.20. The molecule has 6 heteroatoms. The first-order valence-electron chi connectivity index (χ1n) is 19.4. The molecule has 0 radical (unpaired) electrons. The fourth-order valence-electron chi connectivity index (χ4n) is 8.85. The van der Waals surface area contributed by atoms with Crippen molar-refractivity contribution in [2.45, 2.75) is 95.8 Å². The van der Waals surface area contributed by atoms with Crippen LogP contribution in [0.1, 0.15) is 112 Å². The first-order chi connectivity index (χ1) is 25.6. The zero-order chi connectivity index (χ0) is 35.0. The summed E-state index contributed by atoms with van der Waals surface area (Å²) >= 11 is 0. The van der Waals surface area contributed by atoms with E-state index in [1.165, 1.54) is 92.0 Å². The Kier molecular flexibility index (Phi) is 10.4. The van der Waals surface area contributed by atoms with Crippen molar-refractivity contribution in [3.8, 4) is 34.1 Å². The van der Waals surface area contributed by atoms with Crippen molar-refractivity contribution in [2.75, 3.05) is 0 Å². The second kappa shape index (κ2) is 15.5. The van der Waals surface area contributed by atoms with Crippen molar-refractivity contribution in [1.29, 1.82) is 0 Å².